The van der Waals surface area contributed by atoms with Gasteiger partial charge >= 0.3 is 0 Å². The van der Waals surface area contributed by atoms with E-state index in [1.54, 1.807) is 0 Å². The molecule has 0 rings (SSSR count). The van der Waals surface area contributed by atoms with Gasteiger partial charge in [0.05, 0.1) is 6.54 Å². The third-order valence-electron chi connectivity index (χ3n) is 3.27. The van der Waals surface area contributed by atoms with Gasteiger partial charge in [-0.2, -0.15) is 4.91 Å². The van der Waals surface area contributed by atoms with E-state index in [-0.39, 0.29) is 0 Å². The van der Waals surface area contributed by atoms with E-state index < -0.39 is 0 Å². The second-order valence-corrected chi connectivity index (χ2v) is 5.26. The van der Waals surface area contributed by atoms with E-state index in [0.717, 1.165) is 12.8 Å². The Labute approximate surface area is 119 Å². The maximum atomic E-state index is 9.89. The first kappa shape index (κ1) is 18.1. The molecule has 0 aliphatic rings. The Morgan fingerprint density at radius 2 is 1.63 bits per heavy atom. The molecule has 0 fully saturated rings. The molecular formula is C17H31NO. The van der Waals surface area contributed by atoms with Gasteiger partial charge in [-0.05, 0) is 32.6 Å². The van der Waals surface area contributed by atoms with Crippen molar-refractivity contribution >= 4 is 0 Å². The molecule has 2 nitrogen and oxygen atoms in total. The highest BCUT2D eigenvalue weighted by atomic mass is 16.3. The molecule has 0 amide bonds. The van der Waals surface area contributed by atoms with Gasteiger partial charge in [0.25, 0.3) is 0 Å². The Kier molecular flexibility index (Phi) is 14.4. The highest BCUT2D eigenvalue weighted by molar-refractivity contribution is 5.15. The van der Waals surface area contributed by atoms with Crippen molar-refractivity contribution in [3.63, 3.8) is 0 Å². The molecule has 0 unspecified atom stereocenters. The summed E-state index contributed by atoms with van der Waals surface area (Å²) in [6, 6.07) is 0. The van der Waals surface area contributed by atoms with E-state index in [2.05, 4.69) is 37.3 Å². The van der Waals surface area contributed by atoms with Gasteiger partial charge in [-0.25, -0.2) is 0 Å². The molecule has 0 bridgehead atoms. The molecule has 19 heavy (non-hydrogen) atoms. The summed E-state index contributed by atoms with van der Waals surface area (Å²) in [6.45, 7) is 4.91. The van der Waals surface area contributed by atoms with Crippen LogP contribution in [0.1, 0.15) is 78.1 Å². The average Bonchev–Trinajstić information content (AvgIpc) is 2.41. The molecule has 0 spiro atoms. The summed E-state index contributed by atoms with van der Waals surface area (Å²) < 4.78 is 0. The van der Waals surface area contributed by atoms with Crippen molar-refractivity contribution in [2.24, 2.45) is 5.18 Å². The van der Waals surface area contributed by atoms with Crippen LogP contribution in [-0.4, -0.2) is 6.54 Å². The van der Waals surface area contributed by atoms with Gasteiger partial charge in [0, 0.05) is 0 Å². The van der Waals surface area contributed by atoms with Crippen molar-refractivity contribution < 1.29 is 0 Å². The van der Waals surface area contributed by atoms with Gasteiger partial charge in [-0.15, -0.1) is 0 Å². The van der Waals surface area contributed by atoms with Gasteiger partial charge < -0.3 is 0 Å². The standard InChI is InChI=1S/C17H31NO/c1-3-4-11-14-17(2)15-12-9-7-5-6-8-10-13-16-18-19/h12,14-15H,3-11,13,16H2,1-2H3/b15-12+,17-14-. The van der Waals surface area contributed by atoms with Crippen molar-refractivity contribution in [3.05, 3.63) is 28.7 Å². The Balaban J connectivity index is 3.33. The largest absolute Gasteiger partial charge is 0.151 e. The normalized spacial score (nSPS) is 12.2. The van der Waals surface area contributed by atoms with E-state index in [4.69, 9.17) is 0 Å². The van der Waals surface area contributed by atoms with Crippen LogP contribution in [0.3, 0.4) is 0 Å². The van der Waals surface area contributed by atoms with Crippen molar-refractivity contribution in [3.8, 4) is 0 Å². The van der Waals surface area contributed by atoms with Crippen molar-refractivity contribution in [1.82, 2.24) is 0 Å². The monoisotopic (exact) mass is 265 g/mol. The molecule has 0 aromatic carbocycles. The van der Waals surface area contributed by atoms with Crippen LogP contribution in [0.4, 0.5) is 0 Å². The third kappa shape index (κ3) is 15.0. The molecular weight excluding hydrogens is 234 g/mol. The first-order valence-corrected chi connectivity index (χ1v) is 7.93. The van der Waals surface area contributed by atoms with E-state index in [1.165, 1.54) is 56.9 Å². The molecule has 2 heteroatoms. The van der Waals surface area contributed by atoms with Gasteiger partial charge in [-0.1, -0.05) is 74.4 Å². The van der Waals surface area contributed by atoms with Crippen LogP contribution >= 0.6 is 0 Å². The minimum absolute atomic E-state index is 0.492. The smallest absolute Gasteiger partial charge is 0.0811 e. The summed E-state index contributed by atoms with van der Waals surface area (Å²) in [6.07, 6.45) is 19.1. The number of rotatable bonds is 13. The van der Waals surface area contributed by atoms with E-state index in [1.807, 2.05) is 0 Å². The summed E-state index contributed by atoms with van der Waals surface area (Å²) >= 11 is 0. The molecule has 0 atom stereocenters. The highest BCUT2D eigenvalue weighted by Gasteiger charge is 1.90. The number of nitrogens with zero attached hydrogens (tertiary/aromatic N) is 1. The number of hydrogen-bond acceptors (Lipinski definition) is 2. The molecule has 0 aliphatic heterocycles. The summed E-state index contributed by atoms with van der Waals surface area (Å²) in [5, 5.41) is 2.87. The minimum Gasteiger partial charge on any atom is -0.151 e. The quantitative estimate of drug-likeness (QED) is 0.222. The van der Waals surface area contributed by atoms with Gasteiger partial charge in [0.15, 0.2) is 0 Å². The zero-order chi connectivity index (χ0) is 14.2. The predicted molar refractivity (Wildman–Crippen MR) is 85.4 cm³/mol. The molecule has 110 valence electrons. The Bertz CT molecular complexity index is 256. The van der Waals surface area contributed by atoms with Crippen LogP contribution in [0.15, 0.2) is 29.0 Å². The van der Waals surface area contributed by atoms with Crippen LogP contribution in [0.5, 0.6) is 0 Å². The zero-order valence-corrected chi connectivity index (χ0v) is 12.9. The topological polar surface area (TPSA) is 29.4 Å². The summed E-state index contributed by atoms with van der Waals surface area (Å²) in [5.74, 6) is 0. The first-order valence-electron chi connectivity index (χ1n) is 7.93. The summed E-state index contributed by atoms with van der Waals surface area (Å²) in [4.78, 5) is 9.89. The lowest BCUT2D eigenvalue weighted by Gasteiger charge is -1.98. The Morgan fingerprint density at radius 1 is 0.947 bits per heavy atom. The molecule has 0 aromatic heterocycles. The maximum absolute atomic E-state index is 9.89. The van der Waals surface area contributed by atoms with E-state index >= 15 is 0 Å². The first-order chi connectivity index (χ1) is 9.31. The van der Waals surface area contributed by atoms with Crippen molar-refractivity contribution in [2.45, 2.75) is 78.1 Å². The van der Waals surface area contributed by atoms with Crippen molar-refractivity contribution in [1.29, 1.82) is 0 Å². The molecule has 0 radical (unpaired) electrons. The average molecular weight is 265 g/mol. The van der Waals surface area contributed by atoms with Crippen molar-refractivity contribution in [2.75, 3.05) is 6.54 Å². The second kappa shape index (κ2) is 15.1. The van der Waals surface area contributed by atoms with Crippen LogP contribution in [-0.2, 0) is 0 Å². The number of nitroso groups, excluding NO2 is 1. The number of allylic oxidation sites excluding steroid dienone is 4. The SMILES string of the molecule is CCCC/C=C(C)\C=C\CCCCCCCCN=O. The summed E-state index contributed by atoms with van der Waals surface area (Å²) in [5.41, 5.74) is 1.40. The lowest BCUT2D eigenvalue weighted by atomic mass is 10.1. The zero-order valence-electron chi connectivity index (χ0n) is 12.9. The second-order valence-electron chi connectivity index (χ2n) is 5.26. The lowest BCUT2D eigenvalue weighted by molar-refractivity contribution is 0.600. The predicted octanol–water partition coefficient (Wildman–Crippen LogP) is 6.18. The highest BCUT2D eigenvalue weighted by Crippen LogP contribution is 2.09. The van der Waals surface area contributed by atoms with Gasteiger partial charge in [0.1, 0.15) is 0 Å². The fourth-order valence-electron chi connectivity index (χ4n) is 2.02. The Morgan fingerprint density at radius 3 is 2.32 bits per heavy atom. The molecule has 0 aromatic rings. The summed E-state index contributed by atoms with van der Waals surface area (Å²) in [7, 11) is 0. The van der Waals surface area contributed by atoms with Crippen LogP contribution in [0, 0.1) is 4.91 Å². The maximum Gasteiger partial charge on any atom is 0.0811 e. The van der Waals surface area contributed by atoms with Crippen LogP contribution < -0.4 is 0 Å². The molecule has 0 saturated carbocycles. The minimum atomic E-state index is 0.492. The fraction of sp³-hybridized carbons (Fsp3) is 0.765. The van der Waals surface area contributed by atoms with E-state index in [0.29, 0.717) is 6.54 Å². The lowest BCUT2D eigenvalue weighted by Crippen LogP contribution is -1.82. The molecule has 0 N–H and O–H groups in total. The number of hydrogen-bond donors (Lipinski definition) is 0. The number of unbranched alkanes of at least 4 members (excludes halogenated alkanes) is 8. The molecule has 0 aliphatic carbocycles. The Hall–Kier alpha value is -0.920. The van der Waals surface area contributed by atoms with Gasteiger partial charge in [-0.3, -0.25) is 0 Å². The molecule has 0 saturated heterocycles. The van der Waals surface area contributed by atoms with E-state index in [9.17, 15) is 4.91 Å². The molecule has 0 heterocycles. The van der Waals surface area contributed by atoms with Crippen LogP contribution in [0.2, 0.25) is 0 Å². The third-order valence-corrected chi connectivity index (χ3v) is 3.27. The van der Waals surface area contributed by atoms with Crippen LogP contribution in [0.25, 0.3) is 0 Å². The van der Waals surface area contributed by atoms with Gasteiger partial charge in [0.2, 0.25) is 0 Å². The fourth-order valence-corrected chi connectivity index (χ4v) is 2.02.